The Hall–Kier alpha value is -3.48. The van der Waals surface area contributed by atoms with Crippen LogP contribution in [0.3, 0.4) is 0 Å². The van der Waals surface area contributed by atoms with Crippen molar-refractivity contribution in [3.05, 3.63) is 107 Å². The average molecular weight is 470 g/mol. The molecule has 0 spiro atoms. The number of hydrogen-bond acceptors (Lipinski definition) is 1. The average Bonchev–Trinajstić information content (AvgIpc) is 2.82. The zero-order chi connectivity index (χ0) is 24.7. The normalized spacial score (nSPS) is 12.5. The second kappa shape index (κ2) is 8.95. The van der Waals surface area contributed by atoms with Crippen molar-refractivity contribution in [3.8, 4) is 11.5 Å². The molecule has 0 unspecified atom stereocenters. The highest BCUT2D eigenvalue weighted by Gasteiger charge is 2.36. The molecule has 0 radical (unpaired) electrons. The smallest absolute Gasteiger partial charge is 0.247 e. The van der Waals surface area contributed by atoms with Crippen LogP contribution in [0.5, 0.6) is 0 Å². The number of rotatable bonds is 2. The summed E-state index contributed by atoms with van der Waals surface area (Å²) in [4.78, 5) is 2.41. The lowest BCUT2D eigenvalue weighted by Gasteiger charge is -2.37. The third-order valence-electron chi connectivity index (χ3n) is 6.71. The van der Waals surface area contributed by atoms with Gasteiger partial charge in [0.05, 0.1) is 0 Å². The maximum atomic E-state index is 3.48. The molecule has 0 N–H and O–H groups in total. The molecular weight excluding hydrogens is 437 g/mol. The standard InChI is InChI=1S/C32H32BNSi/c1-23-21-24(2)32(25(3)22-23)33-28-11-7-9-13-30(28)34(31-14-10-8-12-29(31)33)27-17-15-26(16-18-27)19-20-35(4,5)6/h7-18,21-22H,1-6H3. The van der Waals surface area contributed by atoms with Crippen molar-refractivity contribution in [2.24, 2.45) is 0 Å². The Balaban J connectivity index is 1.68. The molecule has 0 amide bonds. The van der Waals surface area contributed by atoms with E-state index in [0.29, 0.717) is 0 Å². The number of fused-ring (bicyclic) bond motifs is 2. The van der Waals surface area contributed by atoms with Gasteiger partial charge in [0.25, 0.3) is 0 Å². The van der Waals surface area contributed by atoms with Crippen molar-refractivity contribution in [2.75, 3.05) is 4.90 Å². The third-order valence-corrected chi connectivity index (χ3v) is 7.59. The Bertz CT molecular complexity index is 1400. The highest BCUT2D eigenvalue weighted by atomic mass is 28.3. The van der Waals surface area contributed by atoms with Crippen molar-refractivity contribution in [1.29, 1.82) is 0 Å². The van der Waals surface area contributed by atoms with Gasteiger partial charge in [-0.1, -0.05) is 96.2 Å². The van der Waals surface area contributed by atoms with Gasteiger partial charge in [-0.25, -0.2) is 0 Å². The zero-order valence-electron chi connectivity index (χ0n) is 21.6. The molecule has 0 saturated heterocycles. The van der Waals surface area contributed by atoms with E-state index in [9.17, 15) is 0 Å². The molecule has 0 fully saturated rings. The summed E-state index contributed by atoms with van der Waals surface area (Å²) in [7, 11) is -1.41. The Morgan fingerprint density at radius 1 is 0.686 bits per heavy atom. The summed E-state index contributed by atoms with van der Waals surface area (Å²) in [5, 5.41) is 0. The second-order valence-electron chi connectivity index (χ2n) is 10.7. The molecule has 4 aromatic rings. The van der Waals surface area contributed by atoms with Crippen LogP contribution < -0.4 is 21.3 Å². The molecule has 0 bridgehead atoms. The molecule has 3 heteroatoms. The van der Waals surface area contributed by atoms with Crippen molar-refractivity contribution in [2.45, 2.75) is 40.4 Å². The predicted octanol–water partition coefficient (Wildman–Crippen LogP) is 6.14. The SMILES string of the molecule is Cc1cc(C)c(B2c3ccccc3N(c3ccc(C#C[Si](C)(C)C)cc3)c3ccccc32)c(C)c1. The molecule has 1 heterocycles. The largest absolute Gasteiger partial charge is 0.312 e. The van der Waals surface area contributed by atoms with Gasteiger partial charge in [0, 0.05) is 22.6 Å². The summed E-state index contributed by atoms with van der Waals surface area (Å²) in [5.74, 6) is 3.39. The summed E-state index contributed by atoms with van der Waals surface area (Å²) >= 11 is 0. The Kier molecular flexibility index (Phi) is 5.95. The quantitative estimate of drug-likeness (QED) is 0.222. The fraction of sp³-hybridized carbons (Fsp3) is 0.188. The van der Waals surface area contributed by atoms with Crippen LogP contribution >= 0.6 is 0 Å². The molecule has 5 rings (SSSR count). The maximum absolute atomic E-state index is 3.48. The molecule has 0 aliphatic carbocycles. The highest BCUT2D eigenvalue weighted by Crippen LogP contribution is 2.36. The lowest BCUT2D eigenvalue weighted by Crippen LogP contribution is -2.58. The fourth-order valence-electron chi connectivity index (χ4n) is 5.36. The number of benzene rings is 4. The van der Waals surface area contributed by atoms with Gasteiger partial charge >= 0.3 is 0 Å². The van der Waals surface area contributed by atoms with Gasteiger partial charge in [-0.15, -0.1) is 5.54 Å². The van der Waals surface area contributed by atoms with E-state index in [1.54, 1.807) is 0 Å². The van der Waals surface area contributed by atoms with Crippen molar-refractivity contribution < 1.29 is 0 Å². The lowest BCUT2D eigenvalue weighted by atomic mass is 9.34. The van der Waals surface area contributed by atoms with E-state index in [0.717, 1.165) is 5.56 Å². The molecule has 0 saturated carbocycles. The predicted molar refractivity (Wildman–Crippen MR) is 157 cm³/mol. The second-order valence-corrected chi connectivity index (χ2v) is 15.5. The van der Waals surface area contributed by atoms with Gasteiger partial charge in [-0.3, -0.25) is 0 Å². The van der Waals surface area contributed by atoms with Crippen LogP contribution in [0.1, 0.15) is 22.3 Å². The first-order valence-electron chi connectivity index (χ1n) is 12.4. The molecule has 0 atom stereocenters. The highest BCUT2D eigenvalue weighted by molar-refractivity contribution is 6.98. The van der Waals surface area contributed by atoms with Gasteiger partial charge in [-0.2, -0.15) is 0 Å². The van der Waals surface area contributed by atoms with Gasteiger partial charge in [0.1, 0.15) is 8.07 Å². The number of para-hydroxylation sites is 2. The lowest BCUT2D eigenvalue weighted by molar-refractivity contribution is 1.29. The Morgan fingerprint density at radius 3 is 1.71 bits per heavy atom. The van der Waals surface area contributed by atoms with Crippen molar-refractivity contribution in [1.82, 2.24) is 0 Å². The molecule has 1 nitrogen and oxygen atoms in total. The van der Waals surface area contributed by atoms with Crippen LogP contribution in [0, 0.1) is 32.2 Å². The monoisotopic (exact) mass is 469 g/mol. The van der Waals surface area contributed by atoms with Gasteiger partial charge in [0.15, 0.2) is 0 Å². The van der Waals surface area contributed by atoms with Crippen molar-refractivity contribution in [3.63, 3.8) is 0 Å². The van der Waals surface area contributed by atoms with Crippen LogP contribution in [0.2, 0.25) is 19.6 Å². The first kappa shape index (κ1) is 23.3. The van der Waals surface area contributed by atoms with Crippen LogP contribution in [-0.2, 0) is 0 Å². The van der Waals surface area contributed by atoms with Crippen LogP contribution in [-0.4, -0.2) is 14.8 Å². The molecule has 172 valence electrons. The number of anilines is 3. The summed E-state index contributed by atoms with van der Waals surface area (Å²) in [6.07, 6.45) is 0. The van der Waals surface area contributed by atoms with Gasteiger partial charge in [0.2, 0.25) is 6.71 Å². The number of nitrogens with zero attached hydrogens (tertiary/aromatic N) is 1. The van der Waals surface area contributed by atoms with E-state index in [2.05, 4.69) is 142 Å². The molecule has 0 aromatic heterocycles. The Labute approximate surface area is 211 Å². The molecular formula is C32H32BNSi. The van der Waals surface area contributed by atoms with E-state index in [-0.39, 0.29) is 6.71 Å². The van der Waals surface area contributed by atoms with Crippen LogP contribution in [0.4, 0.5) is 17.1 Å². The maximum Gasteiger partial charge on any atom is 0.247 e. The van der Waals surface area contributed by atoms with E-state index in [1.807, 2.05) is 0 Å². The van der Waals surface area contributed by atoms with Crippen molar-refractivity contribution >= 4 is 48.2 Å². The minimum atomic E-state index is -1.41. The summed E-state index contributed by atoms with van der Waals surface area (Å²) in [6, 6.07) is 31.2. The first-order valence-corrected chi connectivity index (χ1v) is 15.9. The molecule has 35 heavy (non-hydrogen) atoms. The molecule has 1 aliphatic heterocycles. The minimum Gasteiger partial charge on any atom is -0.312 e. The topological polar surface area (TPSA) is 3.24 Å². The van der Waals surface area contributed by atoms with E-state index >= 15 is 0 Å². The van der Waals surface area contributed by atoms with E-state index in [1.165, 1.54) is 50.1 Å². The van der Waals surface area contributed by atoms with E-state index < -0.39 is 8.07 Å². The molecule has 1 aliphatic rings. The number of aryl methyl sites for hydroxylation is 3. The summed E-state index contributed by atoms with van der Waals surface area (Å²) in [5.41, 5.74) is 16.4. The minimum absolute atomic E-state index is 0.209. The summed E-state index contributed by atoms with van der Waals surface area (Å²) < 4.78 is 0. The fourth-order valence-corrected chi connectivity index (χ4v) is 5.88. The summed E-state index contributed by atoms with van der Waals surface area (Å²) in [6.45, 7) is 13.8. The van der Waals surface area contributed by atoms with Crippen LogP contribution in [0.15, 0.2) is 84.9 Å². The number of hydrogen-bond donors (Lipinski definition) is 0. The van der Waals surface area contributed by atoms with Crippen LogP contribution in [0.25, 0.3) is 0 Å². The molecule has 4 aromatic carbocycles. The third kappa shape index (κ3) is 4.47. The first-order chi connectivity index (χ1) is 16.7. The van der Waals surface area contributed by atoms with Gasteiger partial charge in [-0.05, 0) is 68.1 Å². The van der Waals surface area contributed by atoms with E-state index in [4.69, 9.17) is 0 Å². The zero-order valence-corrected chi connectivity index (χ0v) is 22.6. The Morgan fingerprint density at radius 2 is 1.20 bits per heavy atom. The van der Waals surface area contributed by atoms with Gasteiger partial charge < -0.3 is 4.90 Å².